The quantitative estimate of drug-likeness (QED) is 0.138. The van der Waals surface area contributed by atoms with Gasteiger partial charge in [-0.1, -0.05) is 43.0 Å². The van der Waals surface area contributed by atoms with Gasteiger partial charge in [0.25, 0.3) is 0 Å². The van der Waals surface area contributed by atoms with E-state index >= 15 is 0 Å². The molecule has 10 nitrogen and oxygen atoms in total. The molecule has 2 aromatic heterocycles. The summed E-state index contributed by atoms with van der Waals surface area (Å²) in [6, 6.07) is 23.6. The number of oxazole rings is 2. The van der Waals surface area contributed by atoms with Gasteiger partial charge >= 0.3 is 12.0 Å². The van der Waals surface area contributed by atoms with Crippen molar-refractivity contribution in [2.75, 3.05) is 49.9 Å². The summed E-state index contributed by atoms with van der Waals surface area (Å²) in [5.74, 6) is 1.47. The number of hydrogen-bond acceptors (Lipinski definition) is 10. The number of ether oxygens (including phenoxy) is 2. The molecule has 0 atom stereocenters. The van der Waals surface area contributed by atoms with E-state index in [4.69, 9.17) is 28.3 Å². The first kappa shape index (κ1) is 29.2. The molecule has 2 aliphatic heterocycles. The van der Waals surface area contributed by atoms with Gasteiger partial charge in [-0.15, -0.1) is 0 Å². The van der Waals surface area contributed by atoms with Crippen LogP contribution in [0.3, 0.4) is 0 Å². The molecule has 0 amide bonds. The van der Waals surface area contributed by atoms with Crippen molar-refractivity contribution in [1.82, 2.24) is 20.2 Å². The van der Waals surface area contributed by atoms with Crippen molar-refractivity contribution in [3.63, 3.8) is 0 Å². The fraction of sp³-hybridized carbons (Fsp3) is 0.371. The number of piperidine rings is 2. The van der Waals surface area contributed by atoms with Gasteiger partial charge in [-0.3, -0.25) is 4.90 Å². The highest BCUT2D eigenvalue weighted by Gasteiger charge is 2.38. The third kappa shape index (κ3) is 6.21. The minimum atomic E-state index is 0.140. The fourth-order valence-corrected chi connectivity index (χ4v) is 6.48. The molecule has 234 valence electrons. The summed E-state index contributed by atoms with van der Waals surface area (Å²) in [4.78, 5) is 12.5. The van der Waals surface area contributed by atoms with Crippen molar-refractivity contribution in [3.05, 3.63) is 84.9 Å². The molecule has 2 aliphatic rings. The first-order chi connectivity index (χ1) is 22.2. The van der Waals surface area contributed by atoms with Crippen molar-refractivity contribution in [2.24, 2.45) is 0 Å². The van der Waals surface area contributed by atoms with Crippen LogP contribution in [0.5, 0.6) is 11.5 Å². The molecule has 0 unspecified atom stereocenters. The third-order valence-corrected chi connectivity index (χ3v) is 8.74. The normalized spacial score (nSPS) is 16.6. The summed E-state index contributed by atoms with van der Waals surface area (Å²) >= 11 is 0. The molecule has 0 radical (unpaired) electrons. The van der Waals surface area contributed by atoms with Gasteiger partial charge in [-0.25, -0.2) is 10.0 Å². The first-order valence-corrected chi connectivity index (χ1v) is 15.8. The topological polar surface area (TPSA) is 92.3 Å². The van der Waals surface area contributed by atoms with Gasteiger partial charge in [0.15, 0.2) is 22.7 Å². The largest absolute Gasteiger partial charge is 0.493 e. The summed E-state index contributed by atoms with van der Waals surface area (Å²) in [5.41, 5.74) is 4.41. The molecule has 3 aromatic carbocycles. The number of likely N-dealkylation sites (tertiary alicyclic amines) is 1. The number of para-hydroxylation sites is 4. The van der Waals surface area contributed by atoms with Crippen LogP contribution in [0.2, 0.25) is 0 Å². The van der Waals surface area contributed by atoms with Gasteiger partial charge in [0.1, 0.15) is 17.6 Å². The Bertz CT molecular complexity index is 1670. The summed E-state index contributed by atoms with van der Waals surface area (Å²) < 4.78 is 24.3. The molecule has 0 aliphatic carbocycles. The second kappa shape index (κ2) is 13.2. The van der Waals surface area contributed by atoms with Gasteiger partial charge < -0.3 is 23.6 Å². The number of fused-ring (bicyclic) bond motifs is 2. The average molecular weight is 609 g/mol. The lowest BCUT2D eigenvalue weighted by Crippen LogP contribution is -2.59. The van der Waals surface area contributed by atoms with E-state index in [1.807, 2.05) is 54.6 Å². The molecule has 45 heavy (non-hydrogen) atoms. The summed E-state index contributed by atoms with van der Waals surface area (Å²) in [5, 5.41) is 8.02. The van der Waals surface area contributed by atoms with Gasteiger partial charge in [-0.2, -0.15) is 9.97 Å². The van der Waals surface area contributed by atoms with E-state index in [0.29, 0.717) is 18.6 Å². The van der Waals surface area contributed by atoms with E-state index in [9.17, 15) is 0 Å². The Kier molecular flexibility index (Phi) is 8.57. The maximum absolute atomic E-state index is 6.48. The van der Waals surface area contributed by atoms with E-state index in [2.05, 4.69) is 38.9 Å². The molecule has 4 heterocycles. The fourth-order valence-electron chi connectivity index (χ4n) is 6.48. The van der Waals surface area contributed by atoms with Crippen LogP contribution in [0.15, 0.2) is 88.2 Å². The second-order valence-electron chi connectivity index (χ2n) is 11.7. The van der Waals surface area contributed by atoms with E-state index in [1.54, 1.807) is 13.2 Å². The van der Waals surface area contributed by atoms with Crippen LogP contribution in [0.4, 0.5) is 12.0 Å². The molecule has 0 bridgehead atoms. The van der Waals surface area contributed by atoms with Crippen LogP contribution in [0.1, 0.15) is 31.2 Å². The highest BCUT2D eigenvalue weighted by atomic mass is 16.5. The Labute approximate surface area is 263 Å². The Morgan fingerprint density at radius 3 is 2.02 bits per heavy atom. The number of nitrogens with zero attached hydrogens (tertiary/aromatic N) is 5. The van der Waals surface area contributed by atoms with Gasteiger partial charge in [0.05, 0.1) is 19.2 Å². The zero-order chi connectivity index (χ0) is 30.6. The Balaban J connectivity index is 1.19. The number of anilines is 2. The number of hydrazine groups is 1. The average Bonchev–Trinajstić information content (AvgIpc) is 3.71. The molecule has 0 spiro atoms. The summed E-state index contributed by atoms with van der Waals surface area (Å²) in [7, 11) is 1.66. The number of aromatic nitrogens is 2. The van der Waals surface area contributed by atoms with E-state index in [1.165, 1.54) is 5.56 Å². The van der Waals surface area contributed by atoms with Crippen LogP contribution in [0.25, 0.3) is 22.2 Å². The number of hydrogen-bond donors (Lipinski definition) is 1. The maximum Gasteiger partial charge on any atom is 0.318 e. The smallest absolute Gasteiger partial charge is 0.318 e. The second-order valence-corrected chi connectivity index (χ2v) is 11.7. The number of rotatable bonds is 11. The Morgan fingerprint density at radius 2 is 1.44 bits per heavy atom. The zero-order valence-electron chi connectivity index (χ0n) is 25.7. The summed E-state index contributed by atoms with van der Waals surface area (Å²) in [6.07, 6.45) is 5.52. The Hall–Kier alpha value is -4.54. The SMILES string of the molecule is C=CCOc1cc(CN2CCC(N(c3nc4ccccc4o3)N(c3nc4ccccc4o3)C3CCNCC3)CC2)ccc1OC. The highest BCUT2D eigenvalue weighted by Crippen LogP contribution is 2.36. The zero-order valence-corrected chi connectivity index (χ0v) is 25.7. The van der Waals surface area contributed by atoms with Crippen LogP contribution < -0.4 is 24.8 Å². The molecule has 7 rings (SSSR count). The molecule has 2 fully saturated rings. The van der Waals surface area contributed by atoms with Crippen molar-refractivity contribution in [2.45, 2.75) is 44.3 Å². The van der Waals surface area contributed by atoms with Crippen LogP contribution in [-0.2, 0) is 6.54 Å². The third-order valence-electron chi connectivity index (χ3n) is 8.74. The minimum absolute atomic E-state index is 0.140. The van der Waals surface area contributed by atoms with E-state index in [0.717, 1.165) is 92.1 Å². The molecule has 10 heteroatoms. The van der Waals surface area contributed by atoms with Crippen molar-refractivity contribution < 1.29 is 18.3 Å². The van der Waals surface area contributed by atoms with Gasteiger partial charge in [0.2, 0.25) is 0 Å². The molecular weight excluding hydrogens is 568 g/mol. The maximum atomic E-state index is 6.48. The predicted molar refractivity (Wildman–Crippen MR) is 176 cm³/mol. The minimum Gasteiger partial charge on any atom is -0.493 e. The molecule has 2 saturated heterocycles. The number of nitrogens with one attached hydrogen (secondary N) is 1. The molecular formula is C35H40N6O4. The first-order valence-electron chi connectivity index (χ1n) is 15.8. The van der Waals surface area contributed by atoms with Crippen molar-refractivity contribution in [3.8, 4) is 11.5 Å². The van der Waals surface area contributed by atoms with Crippen LogP contribution in [-0.4, -0.2) is 66.8 Å². The Morgan fingerprint density at radius 1 is 0.844 bits per heavy atom. The van der Waals surface area contributed by atoms with Crippen molar-refractivity contribution >= 4 is 34.2 Å². The number of benzene rings is 3. The highest BCUT2D eigenvalue weighted by molar-refractivity contribution is 5.76. The van der Waals surface area contributed by atoms with Gasteiger partial charge in [0, 0.05) is 19.6 Å². The van der Waals surface area contributed by atoms with Crippen molar-refractivity contribution in [1.29, 1.82) is 0 Å². The lowest BCUT2D eigenvalue weighted by Gasteiger charge is -2.46. The molecule has 1 N–H and O–H groups in total. The lowest BCUT2D eigenvalue weighted by atomic mass is 10.0. The predicted octanol–water partition coefficient (Wildman–Crippen LogP) is 6.19. The summed E-state index contributed by atoms with van der Waals surface area (Å²) in [6.45, 7) is 8.74. The van der Waals surface area contributed by atoms with Crippen LogP contribution >= 0.6 is 0 Å². The van der Waals surface area contributed by atoms with E-state index in [-0.39, 0.29) is 12.1 Å². The molecule has 5 aromatic rings. The lowest BCUT2D eigenvalue weighted by molar-refractivity contribution is 0.194. The standard InChI is InChI=1S/C35H40N6O4/c1-3-22-43-33-23-25(12-13-32(33)42-2)24-39-20-16-27(17-21-39)41(35-38-29-9-5-7-11-31(29)45-35)40(26-14-18-36-19-15-26)34-37-28-8-4-6-10-30(28)44-34/h3-13,23,26-27,36H,1,14-22,24H2,2H3. The van der Waals surface area contributed by atoms with Gasteiger partial charge in [-0.05, 0) is 80.7 Å². The monoisotopic (exact) mass is 608 g/mol. The van der Waals surface area contributed by atoms with Crippen LogP contribution in [0, 0.1) is 0 Å². The van der Waals surface area contributed by atoms with E-state index < -0.39 is 0 Å². The molecule has 0 saturated carbocycles. The number of methoxy groups -OCH3 is 1.